The van der Waals surface area contributed by atoms with Crippen molar-refractivity contribution in [3.05, 3.63) is 64.2 Å². The highest BCUT2D eigenvalue weighted by Gasteiger charge is 2.21. The quantitative estimate of drug-likeness (QED) is 0.626. The minimum Gasteiger partial charge on any atom is -0.497 e. The third kappa shape index (κ3) is 5.15. The molecule has 2 atom stereocenters. The third-order valence-corrected chi connectivity index (χ3v) is 6.34. The van der Waals surface area contributed by atoms with Gasteiger partial charge in [0.05, 0.1) is 7.11 Å². The van der Waals surface area contributed by atoms with Crippen LogP contribution in [0, 0.1) is 12.8 Å². The zero-order valence-corrected chi connectivity index (χ0v) is 17.4. The van der Waals surface area contributed by atoms with Crippen LogP contribution in [0.5, 0.6) is 5.75 Å². The summed E-state index contributed by atoms with van der Waals surface area (Å²) in [5, 5.41) is 9.02. The predicted octanol–water partition coefficient (Wildman–Crippen LogP) is 4.56. The zero-order valence-electron chi connectivity index (χ0n) is 17.4. The van der Waals surface area contributed by atoms with E-state index in [0.29, 0.717) is 18.4 Å². The van der Waals surface area contributed by atoms with Gasteiger partial charge in [-0.05, 0) is 104 Å². The van der Waals surface area contributed by atoms with Crippen LogP contribution in [-0.4, -0.2) is 25.4 Å². The molecule has 152 valence electrons. The molecule has 28 heavy (non-hydrogen) atoms. The molecule has 0 saturated carbocycles. The number of unbranched alkanes of at least 4 members (excludes halogenated alkanes) is 1. The second-order valence-corrected chi connectivity index (χ2v) is 8.29. The lowest BCUT2D eigenvalue weighted by Gasteiger charge is -2.27. The summed E-state index contributed by atoms with van der Waals surface area (Å²) in [6.45, 7) is 3.14. The molecule has 3 rings (SSSR count). The molecule has 0 amide bonds. The van der Waals surface area contributed by atoms with Gasteiger partial charge in [0.1, 0.15) is 5.75 Å². The van der Waals surface area contributed by atoms with E-state index in [1.807, 2.05) is 0 Å². The first-order chi connectivity index (χ1) is 13.6. The molecule has 0 aliphatic heterocycles. The van der Waals surface area contributed by atoms with E-state index < -0.39 is 0 Å². The van der Waals surface area contributed by atoms with Crippen molar-refractivity contribution in [3.63, 3.8) is 0 Å². The van der Waals surface area contributed by atoms with Gasteiger partial charge in [0.25, 0.3) is 0 Å². The van der Waals surface area contributed by atoms with Gasteiger partial charge in [-0.3, -0.25) is 0 Å². The van der Waals surface area contributed by atoms with Gasteiger partial charge in [0, 0.05) is 6.61 Å². The minimum atomic E-state index is 0.274. The molecule has 0 heterocycles. The van der Waals surface area contributed by atoms with Crippen molar-refractivity contribution in [2.45, 2.75) is 57.8 Å². The largest absolute Gasteiger partial charge is 0.497 e. The van der Waals surface area contributed by atoms with Crippen molar-refractivity contribution in [2.24, 2.45) is 11.7 Å². The van der Waals surface area contributed by atoms with Gasteiger partial charge in [0.2, 0.25) is 0 Å². The standard InChI is InChI=1S/C25H35NO2/c1-18-13-25(28-2)11-10-20(18)14-19-6-7-22-16-23(9-8-21(22)15-19)24(17-26)5-3-4-12-27/h8-11,13,16,19,24,27H,3-7,12,14-15,17,26H2,1-2H3/t19-,24-/m0/s1. The zero-order chi connectivity index (χ0) is 19.9. The number of aliphatic hydroxyl groups is 1. The molecular weight excluding hydrogens is 346 g/mol. The molecule has 3 heteroatoms. The van der Waals surface area contributed by atoms with E-state index in [9.17, 15) is 0 Å². The van der Waals surface area contributed by atoms with Crippen LogP contribution >= 0.6 is 0 Å². The van der Waals surface area contributed by atoms with Gasteiger partial charge in [-0.15, -0.1) is 0 Å². The van der Waals surface area contributed by atoms with Gasteiger partial charge < -0.3 is 15.6 Å². The summed E-state index contributed by atoms with van der Waals surface area (Å²) < 4.78 is 5.34. The number of fused-ring (bicyclic) bond motifs is 1. The fourth-order valence-corrected chi connectivity index (χ4v) is 4.54. The van der Waals surface area contributed by atoms with Crippen LogP contribution in [-0.2, 0) is 19.3 Å². The Morgan fingerprint density at radius 2 is 2.00 bits per heavy atom. The lowest BCUT2D eigenvalue weighted by atomic mass is 9.78. The lowest BCUT2D eigenvalue weighted by Crippen LogP contribution is -2.18. The van der Waals surface area contributed by atoms with Gasteiger partial charge in [-0.2, -0.15) is 0 Å². The first-order valence-corrected chi connectivity index (χ1v) is 10.7. The molecule has 0 unspecified atom stereocenters. The highest BCUT2D eigenvalue weighted by molar-refractivity contribution is 5.38. The number of aryl methyl sites for hydroxylation is 2. The summed E-state index contributed by atoms with van der Waals surface area (Å²) in [6, 6.07) is 13.5. The Kier molecular flexibility index (Phi) is 7.52. The Balaban J connectivity index is 1.65. The number of nitrogens with two attached hydrogens (primary N) is 1. The third-order valence-electron chi connectivity index (χ3n) is 6.34. The van der Waals surface area contributed by atoms with E-state index in [4.69, 9.17) is 15.6 Å². The number of methoxy groups -OCH3 is 1. The fraction of sp³-hybridized carbons (Fsp3) is 0.520. The van der Waals surface area contributed by atoms with Crippen LogP contribution in [0.2, 0.25) is 0 Å². The maximum atomic E-state index is 9.02. The molecule has 2 aromatic carbocycles. The SMILES string of the molecule is COc1ccc(C[C@@H]2CCc3cc([C@H](CN)CCCCO)ccc3C2)c(C)c1. The summed E-state index contributed by atoms with van der Waals surface area (Å²) >= 11 is 0. The Morgan fingerprint density at radius 1 is 1.14 bits per heavy atom. The van der Waals surface area contributed by atoms with E-state index in [0.717, 1.165) is 37.9 Å². The number of benzene rings is 2. The smallest absolute Gasteiger partial charge is 0.119 e. The molecule has 0 spiro atoms. The predicted molar refractivity (Wildman–Crippen MR) is 116 cm³/mol. The summed E-state index contributed by atoms with van der Waals surface area (Å²) in [4.78, 5) is 0. The van der Waals surface area contributed by atoms with E-state index >= 15 is 0 Å². The normalized spacial score (nSPS) is 17.2. The van der Waals surface area contributed by atoms with Gasteiger partial charge in [-0.25, -0.2) is 0 Å². The highest BCUT2D eigenvalue weighted by Crippen LogP contribution is 2.32. The number of aliphatic hydroxyl groups excluding tert-OH is 1. The molecular formula is C25H35NO2. The molecule has 0 aromatic heterocycles. The average molecular weight is 382 g/mol. The Labute approximate surface area is 169 Å². The maximum Gasteiger partial charge on any atom is 0.119 e. The first kappa shape index (κ1) is 20.9. The van der Waals surface area contributed by atoms with E-state index in [1.54, 1.807) is 7.11 Å². The second kappa shape index (κ2) is 10.1. The van der Waals surface area contributed by atoms with Crippen molar-refractivity contribution in [1.29, 1.82) is 0 Å². The van der Waals surface area contributed by atoms with Crippen LogP contribution in [0.3, 0.4) is 0 Å². The van der Waals surface area contributed by atoms with Crippen LogP contribution in [0.25, 0.3) is 0 Å². The highest BCUT2D eigenvalue weighted by atomic mass is 16.5. The van der Waals surface area contributed by atoms with Gasteiger partial charge in [0.15, 0.2) is 0 Å². The number of hydrogen-bond acceptors (Lipinski definition) is 3. The molecule has 0 radical (unpaired) electrons. The van der Waals surface area contributed by atoms with Crippen LogP contribution in [0.15, 0.2) is 36.4 Å². The molecule has 0 saturated heterocycles. The second-order valence-electron chi connectivity index (χ2n) is 8.29. The van der Waals surface area contributed by atoms with Crippen molar-refractivity contribution < 1.29 is 9.84 Å². The number of ether oxygens (including phenoxy) is 1. The Hall–Kier alpha value is -1.84. The summed E-state index contributed by atoms with van der Waals surface area (Å²) in [5.74, 6) is 2.06. The van der Waals surface area contributed by atoms with Gasteiger partial charge >= 0.3 is 0 Å². The molecule has 1 aliphatic carbocycles. The Bertz CT molecular complexity index is 771. The number of rotatable bonds is 9. The Morgan fingerprint density at radius 3 is 2.71 bits per heavy atom. The van der Waals surface area contributed by atoms with E-state index in [1.165, 1.54) is 40.7 Å². The molecule has 0 bridgehead atoms. The minimum absolute atomic E-state index is 0.274. The monoisotopic (exact) mass is 381 g/mol. The lowest BCUT2D eigenvalue weighted by molar-refractivity contribution is 0.281. The molecule has 2 aromatic rings. The van der Waals surface area contributed by atoms with Crippen molar-refractivity contribution in [3.8, 4) is 5.75 Å². The maximum absolute atomic E-state index is 9.02. The van der Waals surface area contributed by atoms with Crippen LogP contribution < -0.4 is 10.5 Å². The van der Waals surface area contributed by atoms with E-state index in [2.05, 4.69) is 43.3 Å². The topological polar surface area (TPSA) is 55.5 Å². The summed E-state index contributed by atoms with van der Waals surface area (Å²) in [6.07, 6.45) is 7.70. The van der Waals surface area contributed by atoms with Crippen molar-refractivity contribution in [1.82, 2.24) is 0 Å². The fourth-order valence-electron chi connectivity index (χ4n) is 4.54. The summed E-state index contributed by atoms with van der Waals surface area (Å²) in [5.41, 5.74) is 13.2. The summed E-state index contributed by atoms with van der Waals surface area (Å²) in [7, 11) is 1.72. The van der Waals surface area contributed by atoms with Crippen molar-refractivity contribution in [2.75, 3.05) is 20.3 Å². The molecule has 3 nitrogen and oxygen atoms in total. The van der Waals surface area contributed by atoms with Crippen LogP contribution in [0.4, 0.5) is 0 Å². The van der Waals surface area contributed by atoms with Crippen LogP contribution in [0.1, 0.15) is 59.4 Å². The molecule has 1 aliphatic rings. The first-order valence-electron chi connectivity index (χ1n) is 10.7. The number of hydrogen-bond donors (Lipinski definition) is 2. The van der Waals surface area contributed by atoms with E-state index in [-0.39, 0.29) is 6.61 Å². The van der Waals surface area contributed by atoms with Crippen molar-refractivity contribution >= 4 is 0 Å². The molecule has 0 fully saturated rings. The van der Waals surface area contributed by atoms with Gasteiger partial charge in [-0.1, -0.05) is 30.7 Å². The average Bonchev–Trinajstić information content (AvgIpc) is 2.72. The molecule has 3 N–H and O–H groups in total.